The van der Waals surface area contributed by atoms with Crippen molar-refractivity contribution >= 4 is 11.8 Å². The largest absolute Gasteiger partial charge is 0.393 e. The molecule has 0 saturated carbocycles. The van der Waals surface area contributed by atoms with Crippen molar-refractivity contribution in [2.45, 2.75) is 45.6 Å². The lowest BCUT2D eigenvalue weighted by Gasteiger charge is -2.34. The molecule has 21 heavy (non-hydrogen) atoms. The summed E-state index contributed by atoms with van der Waals surface area (Å²) in [4.78, 5) is 14.1. The number of hydrogen-bond acceptors (Lipinski definition) is 3. The molecule has 2 N–H and O–H groups in total. The van der Waals surface area contributed by atoms with E-state index >= 15 is 0 Å². The van der Waals surface area contributed by atoms with E-state index in [1.54, 1.807) is 16.5 Å². The van der Waals surface area contributed by atoms with Crippen molar-refractivity contribution in [2.24, 2.45) is 13.0 Å². The topological polar surface area (TPSA) is 70.4 Å². The predicted molar refractivity (Wildman–Crippen MR) is 82.2 cm³/mol. The molecule has 2 rings (SSSR count). The van der Waals surface area contributed by atoms with Crippen LogP contribution in [0.1, 0.15) is 38.8 Å². The van der Waals surface area contributed by atoms with E-state index in [1.165, 1.54) is 0 Å². The van der Waals surface area contributed by atoms with Crippen LogP contribution in [-0.4, -0.2) is 45.0 Å². The maximum absolute atomic E-state index is 12.3. The Hall–Kier alpha value is -1.56. The first-order valence-corrected chi connectivity index (χ1v) is 7.78. The highest BCUT2D eigenvalue weighted by atomic mass is 16.3. The van der Waals surface area contributed by atoms with Crippen LogP contribution in [0, 0.1) is 5.92 Å². The third kappa shape index (κ3) is 3.97. The Morgan fingerprint density at radius 2 is 2.38 bits per heavy atom. The molecule has 1 aromatic heterocycles. The van der Waals surface area contributed by atoms with Crippen LogP contribution in [-0.2, 0) is 13.5 Å². The summed E-state index contributed by atoms with van der Waals surface area (Å²) >= 11 is 0. The lowest BCUT2D eigenvalue weighted by atomic mass is 9.94. The number of carbonyl (C=O) groups is 1. The molecule has 118 valence electrons. The molecule has 2 unspecified atom stereocenters. The van der Waals surface area contributed by atoms with Gasteiger partial charge in [-0.15, -0.1) is 0 Å². The fourth-order valence-electron chi connectivity index (χ4n) is 2.80. The molecule has 0 bridgehead atoms. The average molecular weight is 294 g/mol. The van der Waals surface area contributed by atoms with Gasteiger partial charge in [0.2, 0.25) is 0 Å². The van der Waals surface area contributed by atoms with Gasteiger partial charge >= 0.3 is 6.03 Å². The molecule has 1 aliphatic heterocycles. The number of urea groups is 1. The Morgan fingerprint density at radius 1 is 1.62 bits per heavy atom. The number of aliphatic hydroxyl groups is 1. The zero-order valence-corrected chi connectivity index (χ0v) is 13.2. The van der Waals surface area contributed by atoms with Crippen molar-refractivity contribution in [3.63, 3.8) is 0 Å². The van der Waals surface area contributed by atoms with Gasteiger partial charge in [-0.05, 0) is 26.2 Å². The van der Waals surface area contributed by atoms with E-state index in [0.717, 1.165) is 43.7 Å². The van der Waals surface area contributed by atoms with Gasteiger partial charge in [0.05, 0.1) is 11.8 Å². The minimum absolute atomic E-state index is 0.105. The Kier molecular flexibility index (Phi) is 5.22. The molecule has 2 atom stereocenters. The number of nitrogens with one attached hydrogen (secondary N) is 1. The molecular weight excluding hydrogens is 268 g/mol. The molecule has 0 radical (unpaired) electrons. The van der Waals surface area contributed by atoms with Gasteiger partial charge in [-0.25, -0.2) is 4.79 Å². The average Bonchev–Trinajstić information content (AvgIpc) is 2.79. The molecule has 1 saturated heterocycles. The minimum Gasteiger partial charge on any atom is -0.393 e. The summed E-state index contributed by atoms with van der Waals surface area (Å²) < 4.78 is 1.71. The van der Waals surface area contributed by atoms with Crippen molar-refractivity contribution in [1.82, 2.24) is 14.7 Å². The lowest BCUT2D eigenvalue weighted by Crippen LogP contribution is -2.45. The maximum Gasteiger partial charge on any atom is 0.323 e. The summed E-state index contributed by atoms with van der Waals surface area (Å²) in [5, 5.41) is 17.0. The Morgan fingerprint density at radius 3 is 3.05 bits per heavy atom. The first kappa shape index (κ1) is 15.8. The van der Waals surface area contributed by atoms with E-state index < -0.39 is 0 Å². The third-order valence-electron chi connectivity index (χ3n) is 4.10. The highest BCUT2D eigenvalue weighted by molar-refractivity contribution is 5.88. The number of rotatable bonds is 4. The fraction of sp³-hybridized carbons (Fsp3) is 0.733. The SMILES string of the molecule is CCCc1cc(NC(=O)N2CCCC(C(C)O)C2)n(C)n1. The normalized spacial score (nSPS) is 20.4. The molecule has 6 nitrogen and oxygen atoms in total. The lowest BCUT2D eigenvalue weighted by molar-refractivity contribution is 0.0765. The van der Waals surface area contributed by atoms with Crippen LogP contribution in [0.15, 0.2) is 6.07 Å². The van der Waals surface area contributed by atoms with Gasteiger partial charge in [0, 0.05) is 32.1 Å². The van der Waals surface area contributed by atoms with Crippen LogP contribution in [0.3, 0.4) is 0 Å². The van der Waals surface area contributed by atoms with Crippen LogP contribution in [0.2, 0.25) is 0 Å². The Bertz CT molecular complexity index is 484. The number of nitrogens with zero attached hydrogens (tertiary/aromatic N) is 3. The molecule has 2 amide bonds. The summed E-state index contributed by atoms with van der Waals surface area (Å²) in [5.41, 5.74) is 0.996. The second kappa shape index (κ2) is 6.93. The van der Waals surface area contributed by atoms with Crippen LogP contribution < -0.4 is 5.32 Å². The minimum atomic E-state index is -0.367. The number of aromatic nitrogens is 2. The van der Waals surface area contributed by atoms with E-state index in [9.17, 15) is 9.90 Å². The first-order valence-electron chi connectivity index (χ1n) is 7.78. The van der Waals surface area contributed by atoms with Crippen LogP contribution in [0.5, 0.6) is 0 Å². The van der Waals surface area contributed by atoms with Crippen LogP contribution in [0.25, 0.3) is 0 Å². The van der Waals surface area contributed by atoms with Crippen LogP contribution >= 0.6 is 0 Å². The van der Waals surface area contributed by atoms with E-state index in [1.807, 2.05) is 13.1 Å². The van der Waals surface area contributed by atoms with E-state index in [-0.39, 0.29) is 18.1 Å². The number of anilines is 1. The van der Waals surface area contributed by atoms with Gasteiger partial charge < -0.3 is 10.0 Å². The smallest absolute Gasteiger partial charge is 0.323 e. The van der Waals surface area contributed by atoms with E-state index in [2.05, 4.69) is 17.3 Å². The van der Waals surface area contributed by atoms with Gasteiger partial charge in [0.15, 0.2) is 0 Å². The molecule has 1 fully saturated rings. The van der Waals surface area contributed by atoms with E-state index in [4.69, 9.17) is 0 Å². The Labute approximate surface area is 126 Å². The molecule has 6 heteroatoms. The fourth-order valence-corrected chi connectivity index (χ4v) is 2.80. The van der Waals surface area contributed by atoms with Gasteiger partial charge in [-0.2, -0.15) is 5.10 Å². The van der Waals surface area contributed by atoms with Crippen molar-refractivity contribution in [2.75, 3.05) is 18.4 Å². The van der Waals surface area contributed by atoms with Crippen molar-refractivity contribution in [3.8, 4) is 0 Å². The Balaban J connectivity index is 1.97. The van der Waals surface area contributed by atoms with Crippen molar-refractivity contribution in [3.05, 3.63) is 11.8 Å². The highest BCUT2D eigenvalue weighted by Gasteiger charge is 2.26. The summed E-state index contributed by atoms with van der Waals surface area (Å²) in [6.45, 7) is 5.26. The first-order chi connectivity index (χ1) is 10.0. The molecule has 0 aliphatic carbocycles. The second-order valence-corrected chi connectivity index (χ2v) is 5.91. The third-order valence-corrected chi connectivity index (χ3v) is 4.10. The number of likely N-dealkylation sites (tertiary alicyclic amines) is 1. The summed E-state index contributed by atoms with van der Waals surface area (Å²) in [6.07, 6.45) is 3.50. The highest BCUT2D eigenvalue weighted by Crippen LogP contribution is 2.20. The molecular formula is C15H26N4O2. The predicted octanol–water partition coefficient (Wildman–Crippen LogP) is 2.00. The number of hydrogen-bond donors (Lipinski definition) is 2. The number of piperidine rings is 1. The number of carbonyl (C=O) groups excluding carboxylic acids is 1. The monoisotopic (exact) mass is 294 g/mol. The van der Waals surface area contributed by atoms with Gasteiger partial charge in [0.1, 0.15) is 5.82 Å². The number of aryl methyl sites for hydroxylation is 2. The van der Waals surface area contributed by atoms with Crippen molar-refractivity contribution < 1.29 is 9.90 Å². The molecule has 0 spiro atoms. The van der Waals surface area contributed by atoms with Gasteiger partial charge in [-0.3, -0.25) is 10.00 Å². The zero-order valence-electron chi connectivity index (χ0n) is 13.2. The standard InChI is InChI=1S/C15H26N4O2/c1-4-6-13-9-14(18(3)17-13)16-15(21)19-8-5-7-12(10-19)11(2)20/h9,11-12,20H,4-8,10H2,1-3H3,(H,16,21). The van der Waals surface area contributed by atoms with Gasteiger partial charge in [0.25, 0.3) is 0 Å². The summed E-state index contributed by atoms with van der Waals surface area (Å²) in [7, 11) is 1.84. The van der Waals surface area contributed by atoms with Crippen molar-refractivity contribution in [1.29, 1.82) is 0 Å². The molecule has 2 heterocycles. The second-order valence-electron chi connectivity index (χ2n) is 5.91. The summed E-state index contributed by atoms with van der Waals surface area (Å²) in [5.74, 6) is 0.898. The van der Waals surface area contributed by atoms with Gasteiger partial charge in [-0.1, -0.05) is 13.3 Å². The molecule has 1 aromatic rings. The van der Waals surface area contributed by atoms with Crippen LogP contribution in [0.4, 0.5) is 10.6 Å². The molecule has 1 aliphatic rings. The summed E-state index contributed by atoms with van der Waals surface area (Å²) in [6, 6.07) is 1.82. The molecule has 0 aromatic carbocycles. The quantitative estimate of drug-likeness (QED) is 0.892. The maximum atomic E-state index is 12.3. The number of aliphatic hydroxyl groups excluding tert-OH is 1. The number of amides is 2. The zero-order chi connectivity index (χ0) is 15.4. The van der Waals surface area contributed by atoms with E-state index in [0.29, 0.717) is 6.54 Å².